The molecule has 182 valence electrons. The number of hydrogen-bond donors (Lipinski definition) is 1. The Bertz CT molecular complexity index is 1460. The maximum Gasteiger partial charge on any atom is 0.315 e. The molecule has 0 aliphatic carbocycles. The summed E-state index contributed by atoms with van der Waals surface area (Å²) in [4.78, 5) is 20.5. The SMILES string of the molecule is [2H][C@@](C)(NC(=O)C(F)F)c1cc(F)cc(Cl)c1COc1cccc2c(-c3ncnn3C)cc(C)nc12. The number of nitrogens with zero attached hydrogens (tertiary/aromatic N) is 4. The molecule has 4 aromatic rings. The summed E-state index contributed by atoms with van der Waals surface area (Å²) in [6.07, 6.45) is -1.90. The molecular formula is C24H21ClF3N5O2. The molecule has 0 saturated heterocycles. The number of nitrogens with one attached hydrogen (secondary N) is 1. The highest BCUT2D eigenvalue weighted by atomic mass is 35.5. The van der Waals surface area contributed by atoms with Crippen LogP contribution in [-0.2, 0) is 18.4 Å². The molecule has 0 fully saturated rings. The van der Waals surface area contributed by atoms with Crippen LogP contribution in [0.3, 0.4) is 0 Å². The number of carbonyl (C=O) groups excluding carboxylic acids is 1. The molecule has 0 radical (unpaired) electrons. The van der Waals surface area contributed by atoms with E-state index in [2.05, 4.69) is 15.1 Å². The van der Waals surface area contributed by atoms with Crippen LogP contribution in [0, 0.1) is 12.7 Å². The first kappa shape index (κ1) is 23.1. The number of alkyl halides is 2. The molecule has 0 saturated carbocycles. The fraction of sp³-hybridized carbons (Fsp3) is 0.250. The highest BCUT2D eigenvalue weighted by Gasteiger charge is 2.22. The summed E-state index contributed by atoms with van der Waals surface area (Å²) >= 11 is 6.26. The molecule has 2 heterocycles. The number of halogens is 4. The van der Waals surface area contributed by atoms with E-state index in [0.29, 0.717) is 22.8 Å². The van der Waals surface area contributed by atoms with Crippen LogP contribution in [0.2, 0.25) is 5.02 Å². The third kappa shape index (κ3) is 5.07. The van der Waals surface area contributed by atoms with E-state index < -0.39 is 24.2 Å². The number of amides is 1. The fourth-order valence-electron chi connectivity index (χ4n) is 3.73. The smallest absolute Gasteiger partial charge is 0.315 e. The zero-order valence-corrected chi connectivity index (χ0v) is 19.7. The quantitative estimate of drug-likeness (QED) is 0.376. The number of ether oxygens (including phenoxy) is 1. The molecule has 0 unspecified atom stereocenters. The van der Waals surface area contributed by atoms with Crippen LogP contribution in [0.4, 0.5) is 13.2 Å². The Balaban J connectivity index is 1.74. The lowest BCUT2D eigenvalue weighted by Gasteiger charge is -2.20. The summed E-state index contributed by atoms with van der Waals surface area (Å²) in [5, 5.41) is 6.68. The van der Waals surface area contributed by atoms with E-state index >= 15 is 0 Å². The summed E-state index contributed by atoms with van der Waals surface area (Å²) < 4.78 is 55.9. The molecule has 1 N–H and O–H groups in total. The first-order valence-electron chi connectivity index (χ1n) is 10.9. The van der Waals surface area contributed by atoms with Crippen molar-refractivity contribution in [2.24, 2.45) is 7.05 Å². The van der Waals surface area contributed by atoms with Gasteiger partial charge in [0.25, 0.3) is 5.91 Å². The number of para-hydroxylation sites is 1. The van der Waals surface area contributed by atoms with E-state index in [4.69, 9.17) is 17.7 Å². The van der Waals surface area contributed by atoms with Crippen LogP contribution in [0.5, 0.6) is 5.75 Å². The van der Waals surface area contributed by atoms with Gasteiger partial charge in [0.1, 0.15) is 30.0 Å². The van der Waals surface area contributed by atoms with Crippen molar-refractivity contribution in [1.29, 1.82) is 0 Å². The molecule has 11 heteroatoms. The Kier molecular flexibility index (Phi) is 6.54. The van der Waals surface area contributed by atoms with Crippen molar-refractivity contribution in [3.8, 4) is 17.1 Å². The van der Waals surface area contributed by atoms with Gasteiger partial charge in [0.05, 0.1) is 12.4 Å². The van der Waals surface area contributed by atoms with Crippen molar-refractivity contribution in [3.05, 3.63) is 70.4 Å². The van der Waals surface area contributed by atoms with Gasteiger partial charge in [-0.3, -0.25) is 4.79 Å². The lowest BCUT2D eigenvalue weighted by atomic mass is 10.0. The molecule has 0 aliphatic rings. The molecular weight excluding hydrogens is 483 g/mol. The second-order valence-corrected chi connectivity index (χ2v) is 8.20. The number of carbonyl (C=O) groups is 1. The Morgan fingerprint density at radius 2 is 2.09 bits per heavy atom. The average molecular weight is 505 g/mol. The molecule has 4 rings (SSSR count). The molecule has 7 nitrogen and oxygen atoms in total. The van der Waals surface area contributed by atoms with E-state index in [1.807, 2.05) is 24.4 Å². The fourth-order valence-corrected chi connectivity index (χ4v) is 3.99. The molecule has 0 spiro atoms. The van der Waals surface area contributed by atoms with Gasteiger partial charge in [0.15, 0.2) is 5.82 Å². The third-order valence-electron chi connectivity index (χ3n) is 5.33. The van der Waals surface area contributed by atoms with Crippen molar-refractivity contribution in [1.82, 2.24) is 25.1 Å². The lowest BCUT2D eigenvalue weighted by Crippen LogP contribution is -2.32. The van der Waals surface area contributed by atoms with Gasteiger partial charge in [0.2, 0.25) is 0 Å². The van der Waals surface area contributed by atoms with Gasteiger partial charge in [0, 0.05) is 29.3 Å². The molecule has 2 aromatic carbocycles. The largest absolute Gasteiger partial charge is 0.487 e. The third-order valence-corrected chi connectivity index (χ3v) is 5.67. The number of hydrogen-bond acceptors (Lipinski definition) is 5. The summed E-state index contributed by atoms with van der Waals surface area (Å²) in [7, 11) is 1.77. The van der Waals surface area contributed by atoms with Crippen molar-refractivity contribution < 1.29 is 24.1 Å². The van der Waals surface area contributed by atoms with Gasteiger partial charge in [-0.25, -0.2) is 19.0 Å². The molecule has 0 bridgehead atoms. The van der Waals surface area contributed by atoms with Crippen molar-refractivity contribution in [2.75, 3.05) is 0 Å². The zero-order chi connectivity index (χ0) is 26.2. The van der Waals surface area contributed by atoms with Crippen LogP contribution >= 0.6 is 11.6 Å². The Morgan fingerprint density at radius 3 is 2.77 bits per heavy atom. The van der Waals surface area contributed by atoms with Crippen LogP contribution in [-0.4, -0.2) is 32.1 Å². The number of fused-ring (bicyclic) bond motifs is 1. The van der Waals surface area contributed by atoms with E-state index in [0.717, 1.165) is 30.0 Å². The van der Waals surface area contributed by atoms with Gasteiger partial charge in [-0.05, 0) is 43.7 Å². The highest BCUT2D eigenvalue weighted by Crippen LogP contribution is 2.34. The molecule has 2 aromatic heterocycles. The van der Waals surface area contributed by atoms with Crippen LogP contribution in [0.1, 0.15) is 31.1 Å². The minimum atomic E-state index is -3.34. The summed E-state index contributed by atoms with van der Waals surface area (Å²) in [5.41, 5.74) is 2.05. The number of pyridine rings is 1. The standard InChI is InChI=1S/C24H21ClF3N5O2/c1-12-7-17(23-29-11-30-33(23)3)15-5-4-6-20(21(15)31-12)35-10-18-16(8-14(26)9-19(18)25)13(2)32-24(34)22(27)28/h4-9,11,13,22H,10H2,1-3H3,(H,32,34)/t13-/m0/s1/i13D. The second-order valence-electron chi connectivity index (χ2n) is 7.79. The Labute approximate surface area is 205 Å². The van der Waals surface area contributed by atoms with Crippen LogP contribution < -0.4 is 10.1 Å². The molecule has 1 amide bonds. The first-order valence-corrected chi connectivity index (χ1v) is 10.8. The van der Waals surface area contributed by atoms with Gasteiger partial charge in [-0.2, -0.15) is 13.9 Å². The predicted octanol–water partition coefficient (Wildman–Crippen LogP) is 5.15. The Morgan fingerprint density at radius 1 is 1.31 bits per heavy atom. The first-order chi connectivity index (χ1) is 17.0. The maximum absolute atomic E-state index is 14.2. The van der Waals surface area contributed by atoms with Crippen molar-refractivity contribution >= 4 is 28.4 Å². The van der Waals surface area contributed by atoms with E-state index in [1.54, 1.807) is 23.9 Å². The van der Waals surface area contributed by atoms with Crippen molar-refractivity contribution in [2.45, 2.75) is 32.9 Å². The monoisotopic (exact) mass is 504 g/mol. The second kappa shape index (κ2) is 9.91. The van der Waals surface area contributed by atoms with Gasteiger partial charge in [-0.1, -0.05) is 23.7 Å². The predicted molar refractivity (Wildman–Crippen MR) is 125 cm³/mol. The number of aromatic nitrogens is 4. The minimum Gasteiger partial charge on any atom is -0.487 e. The molecule has 35 heavy (non-hydrogen) atoms. The maximum atomic E-state index is 14.2. The molecule has 1 atom stereocenters. The summed E-state index contributed by atoms with van der Waals surface area (Å²) in [6, 6.07) is 7.05. The van der Waals surface area contributed by atoms with Crippen LogP contribution in [0.25, 0.3) is 22.3 Å². The normalized spacial score (nSPS) is 13.5. The summed E-state index contributed by atoms with van der Waals surface area (Å²) in [5.74, 6) is -1.45. The minimum absolute atomic E-state index is 0.0843. The lowest BCUT2D eigenvalue weighted by molar-refractivity contribution is -0.132. The summed E-state index contributed by atoms with van der Waals surface area (Å²) in [6.45, 7) is 2.72. The van der Waals surface area contributed by atoms with Gasteiger partial charge in [-0.15, -0.1) is 0 Å². The van der Waals surface area contributed by atoms with E-state index in [1.165, 1.54) is 6.33 Å². The van der Waals surface area contributed by atoms with Crippen molar-refractivity contribution in [3.63, 3.8) is 0 Å². The number of benzene rings is 2. The van der Waals surface area contributed by atoms with E-state index in [-0.39, 0.29) is 22.8 Å². The van der Waals surface area contributed by atoms with Gasteiger partial charge >= 0.3 is 6.43 Å². The molecule has 0 aliphatic heterocycles. The average Bonchev–Trinajstić information content (AvgIpc) is 3.22. The highest BCUT2D eigenvalue weighted by molar-refractivity contribution is 6.31. The number of aryl methyl sites for hydroxylation is 2. The van der Waals surface area contributed by atoms with E-state index in [9.17, 15) is 18.0 Å². The zero-order valence-electron chi connectivity index (χ0n) is 19.9. The Hall–Kier alpha value is -3.66. The topological polar surface area (TPSA) is 81.9 Å². The van der Waals surface area contributed by atoms with Gasteiger partial charge < -0.3 is 10.1 Å². The van der Waals surface area contributed by atoms with Crippen LogP contribution in [0.15, 0.2) is 42.7 Å². The number of rotatable bonds is 7.